The van der Waals surface area contributed by atoms with Gasteiger partial charge in [0.25, 0.3) is 5.56 Å². The molecule has 0 atom stereocenters. The van der Waals surface area contributed by atoms with Crippen LogP contribution in [0.4, 0.5) is 0 Å². The highest BCUT2D eigenvalue weighted by atomic mass is 35.5. The van der Waals surface area contributed by atoms with Crippen LogP contribution < -0.4 is 11.2 Å². The molecule has 180 valence electrons. The third kappa shape index (κ3) is 4.48. The molecule has 0 bridgehead atoms. The number of halogens is 1. The second-order valence-corrected chi connectivity index (χ2v) is 8.91. The number of para-hydroxylation sites is 1. The highest BCUT2D eigenvalue weighted by Crippen LogP contribution is 2.22. The van der Waals surface area contributed by atoms with Crippen molar-refractivity contribution in [3.63, 3.8) is 0 Å². The van der Waals surface area contributed by atoms with Gasteiger partial charge in [-0.1, -0.05) is 59.6 Å². The molecule has 5 rings (SSSR count). The van der Waals surface area contributed by atoms with E-state index in [1.54, 1.807) is 36.4 Å². The van der Waals surface area contributed by atoms with E-state index in [2.05, 4.69) is 9.97 Å². The highest BCUT2D eigenvalue weighted by molar-refractivity contribution is 6.30. The number of aliphatic imine (C=N–C) groups is 1. The minimum atomic E-state index is -0.737. The van der Waals surface area contributed by atoms with Crippen LogP contribution in [0.15, 0.2) is 93.6 Å². The van der Waals surface area contributed by atoms with E-state index in [4.69, 9.17) is 16.6 Å². The molecule has 0 spiro atoms. The van der Waals surface area contributed by atoms with Crippen molar-refractivity contribution in [2.45, 2.75) is 13.3 Å². The first kappa shape index (κ1) is 23.4. The van der Waals surface area contributed by atoms with E-state index in [1.807, 2.05) is 49.5 Å². The first-order valence-electron chi connectivity index (χ1n) is 11.4. The average molecular weight is 499 g/mol. The maximum absolute atomic E-state index is 13.0. The molecule has 2 aromatic heterocycles. The molecule has 2 heterocycles. The van der Waals surface area contributed by atoms with Gasteiger partial charge in [0.15, 0.2) is 0 Å². The monoisotopic (exact) mass is 498 g/mol. The van der Waals surface area contributed by atoms with Crippen LogP contribution in [0, 0.1) is 6.92 Å². The highest BCUT2D eigenvalue weighted by Gasteiger charge is 2.21. The number of aromatic amines is 2. The summed E-state index contributed by atoms with van der Waals surface area (Å²) in [5.74, 6) is -0.478. The molecule has 0 fully saturated rings. The van der Waals surface area contributed by atoms with Gasteiger partial charge in [0.2, 0.25) is 5.88 Å². The van der Waals surface area contributed by atoms with Crippen LogP contribution in [-0.4, -0.2) is 31.9 Å². The molecule has 0 unspecified atom stereocenters. The van der Waals surface area contributed by atoms with Gasteiger partial charge in [0.1, 0.15) is 5.56 Å². The van der Waals surface area contributed by atoms with Gasteiger partial charge in [-0.05, 0) is 49.2 Å². The minimum Gasteiger partial charge on any atom is -0.493 e. The van der Waals surface area contributed by atoms with Gasteiger partial charge in [-0.25, -0.2) is 9.36 Å². The molecule has 5 aromatic rings. The lowest BCUT2D eigenvalue weighted by Gasteiger charge is -2.14. The Morgan fingerprint density at radius 2 is 1.72 bits per heavy atom. The number of fused-ring (bicyclic) bond motifs is 1. The lowest BCUT2D eigenvalue weighted by Crippen LogP contribution is -2.33. The summed E-state index contributed by atoms with van der Waals surface area (Å²) in [6.45, 7) is 2.27. The second kappa shape index (κ2) is 9.71. The molecule has 0 amide bonds. The van der Waals surface area contributed by atoms with E-state index in [0.29, 0.717) is 29.2 Å². The minimum absolute atomic E-state index is 0.0866. The lowest BCUT2D eigenvalue weighted by molar-refractivity contribution is 0.430. The number of H-pyrrole nitrogens is 2. The molecule has 0 aliphatic heterocycles. The molecule has 8 heteroatoms. The summed E-state index contributed by atoms with van der Waals surface area (Å²) in [6.07, 6.45) is 2.56. The number of aryl methyl sites for hydroxylation is 1. The third-order valence-corrected chi connectivity index (χ3v) is 6.31. The number of nitrogens with one attached hydrogen (secondary N) is 2. The van der Waals surface area contributed by atoms with Crippen LogP contribution in [0.1, 0.15) is 22.3 Å². The van der Waals surface area contributed by atoms with Gasteiger partial charge in [-0.15, -0.1) is 0 Å². The van der Waals surface area contributed by atoms with Gasteiger partial charge in [-0.3, -0.25) is 14.8 Å². The van der Waals surface area contributed by atoms with E-state index < -0.39 is 17.1 Å². The Morgan fingerprint density at radius 3 is 2.47 bits per heavy atom. The summed E-state index contributed by atoms with van der Waals surface area (Å²) in [4.78, 5) is 36.0. The number of benzene rings is 3. The molecule has 0 saturated carbocycles. The molecule has 0 aliphatic rings. The van der Waals surface area contributed by atoms with Gasteiger partial charge in [0, 0.05) is 34.2 Å². The van der Waals surface area contributed by atoms with E-state index in [-0.39, 0.29) is 11.3 Å². The Balaban J connectivity index is 1.62. The summed E-state index contributed by atoms with van der Waals surface area (Å²) < 4.78 is 1.07. The largest absolute Gasteiger partial charge is 0.493 e. The predicted octanol–water partition coefficient (Wildman–Crippen LogP) is 4.75. The predicted molar refractivity (Wildman–Crippen MR) is 143 cm³/mol. The summed E-state index contributed by atoms with van der Waals surface area (Å²) >= 11 is 6.09. The third-order valence-electron chi connectivity index (χ3n) is 6.06. The summed E-state index contributed by atoms with van der Waals surface area (Å²) in [6, 6.07) is 21.9. The van der Waals surface area contributed by atoms with Crippen LogP contribution in [0.2, 0.25) is 5.02 Å². The van der Waals surface area contributed by atoms with Crippen LogP contribution in [0.3, 0.4) is 0 Å². The van der Waals surface area contributed by atoms with Crippen molar-refractivity contribution in [1.82, 2.24) is 14.5 Å². The van der Waals surface area contributed by atoms with E-state index in [9.17, 15) is 14.7 Å². The molecular weight excluding hydrogens is 476 g/mol. The quantitative estimate of drug-likeness (QED) is 0.294. The topological polar surface area (TPSA) is 103 Å². The molecule has 0 saturated heterocycles. The van der Waals surface area contributed by atoms with Crippen molar-refractivity contribution in [2.75, 3.05) is 6.54 Å². The van der Waals surface area contributed by atoms with Gasteiger partial charge in [-0.2, -0.15) is 0 Å². The van der Waals surface area contributed by atoms with E-state index in [1.165, 1.54) is 0 Å². The summed E-state index contributed by atoms with van der Waals surface area (Å²) in [7, 11) is 0. The average Bonchev–Trinajstić information content (AvgIpc) is 3.28. The molecule has 3 N–H and O–H groups in total. The second-order valence-electron chi connectivity index (χ2n) is 8.48. The lowest BCUT2D eigenvalue weighted by atomic mass is 10.0. The zero-order valence-corrected chi connectivity index (χ0v) is 20.2. The molecule has 3 aromatic carbocycles. The number of hydrogen-bond acceptors (Lipinski definition) is 4. The van der Waals surface area contributed by atoms with Gasteiger partial charge < -0.3 is 10.1 Å². The van der Waals surface area contributed by atoms with Crippen molar-refractivity contribution in [2.24, 2.45) is 4.99 Å². The normalized spacial score (nSPS) is 11.8. The SMILES string of the molecule is Cc1ccc(-n2c(O)c(C(=NCCc3c[nH]c4ccccc34)c3ccc(Cl)cc3)c(=O)[nH]c2=O)cc1. The maximum Gasteiger partial charge on any atom is 0.335 e. The molecular formula is C28H23ClN4O3. The van der Waals surface area contributed by atoms with Crippen molar-refractivity contribution in [1.29, 1.82) is 0 Å². The number of rotatable bonds is 6. The van der Waals surface area contributed by atoms with Crippen molar-refractivity contribution in [3.8, 4) is 11.6 Å². The van der Waals surface area contributed by atoms with E-state index in [0.717, 1.165) is 26.6 Å². The number of aromatic nitrogens is 3. The fourth-order valence-electron chi connectivity index (χ4n) is 4.22. The van der Waals surface area contributed by atoms with Crippen LogP contribution in [0.25, 0.3) is 16.6 Å². The van der Waals surface area contributed by atoms with Crippen LogP contribution in [0.5, 0.6) is 5.88 Å². The standard InChI is InChI=1S/C28H23ClN4O3/c1-17-6-12-21(13-7-17)33-27(35)24(26(34)32-28(33)36)25(18-8-10-20(29)11-9-18)30-15-14-19-16-31-23-5-3-2-4-22(19)23/h2-13,16,31,35H,14-15H2,1H3,(H,32,34,36). The van der Waals surface area contributed by atoms with Crippen LogP contribution in [-0.2, 0) is 6.42 Å². The molecule has 36 heavy (non-hydrogen) atoms. The Kier molecular flexibility index (Phi) is 6.31. The van der Waals surface area contributed by atoms with Gasteiger partial charge in [0.05, 0.1) is 11.4 Å². The number of aromatic hydroxyl groups is 1. The fourth-order valence-corrected chi connectivity index (χ4v) is 4.35. The van der Waals surface area contributed by atoms with Gasteiger partial charge >= 0.3 is 5.69 Å². The smallest absolute Gasteiger partial charge is 0.335 e. The maximum atomic E-state index is 13.0. The Morgan fingerprint density at radius 1 is 1.00 bits per heavy atom. The Labute approximate surface area is 211 Å². The zero-order valence-electron chi connectivity index (χ0n) is 19.5. The molecule has 7 nitrogen and oxygen atoms in total. The summed E-state index contributed by atoms with van der Waals surface area (Å²) in [5.41, 5.74) is 2.87. The first-order chi connectivity index (χ1) is 17.4. The molecule has 0 aliphatic carbocycles. The molecule has 0 radical (unpaired) electrons. The Bertz CT molecular complexity index is 1690. The number of nitrogens with zero attached hydrogens (tertiary/aromatic N) is 2. The summed E-state index contributed by atoms with van der Waals surface area (Å²) in [5, 5.41) is 12.8. The Hall–Kier alpha value is -4.36. The zero-order chi connectivity index (χ0) is 25.2. The fraction of sp³-hybridized carbons (Fsp3) is 0.107. The van der Waals surface area contributed by atoms with Crippen molar-refractivity contribution in [3.05, 3.63) is 127 Å². The number of hydrogen-bond donors (Lipinski definition) is 3. The van der Waals surface area contributed by atoms with Crippen molar-refractivity contribution >= 4 is 28.2 Å². The van der Waals surface area contributed by atoms with E-state index >= 15 is 0 Å². The van der Waals surface area contributed by atoms with Crippen LogP contribution >= 0.6 is 11.6 Å². The van der Waals surface area contributed by atoms with Crippen molar-refractivity contribution < 1.29 is 5.11 Å². The first-order valence-corrected chi connectivity index (χ1v) is 11.8.